The average Bonchev–Trinajstić information content (AvgIpc) is 2.40. The van der Waals surface area contributed by atoms with E-state index in [1.54, 1.807) is 18.3 Å². The molecule has 7 heteroatoms. The predicted molar refractivity (Wildman–Crippen MR) is 79.7 cm³/mol. The van der Waals surface area contributed by atoms with E-state index in [9.17, 15) is 13.2 Å². The summed E-state index contributed by atoms with van der Waals surface area (Å²) >= 11 is 5.72. The summed E-state index contributed by atoms with van der Waals surface area (Å²) in [6.07, 6.45) is 1.61. The Morgan fingerprint density at radius 1 is 1.24 bits per heavy atom. The lowest BCUT2D eigenvalue weighted by Crippen LogP contribution is -2.01. The number of alkyl halides is 3. The van der Waals surface area contributed by atoms with Crippen molar-refractivity contribution in [3.8, 4) is 0 Å². The molecule has 2 aromatic rings. The smallest absolute Gasteiger partial charge is 0.380 e. The van der Waals surface area contributed by atoms with Gasteiger partial charge in [-0.25, -0.2) is 4.98 Å². The number of hydrogen-bond donors (Lipinski definition) is 1. The van der Waals surface area contributed by atoms with Crippen LogP contribution in [0.25, 0.3) is 0 Å². The maximum atomic E-state index is 12.2. The molecule has 0 saturated carbocycles. The summed E-state index contributed by atoms with van der Waals surface area (Å²) in [6, 6.07) is 8.11. The Morgan fingerprint density at radius 2 is 1.90 bits per heavy atom. The highest BCUT2D eigenvalue weighted by Crippen LogP contribution is 2.36. The molecule has 1 aromatic heterocycles. The van der Waals surface area contributed by atoms with Crippen LogP contribution in [0.3, 0.4) is 0 Å². The average molecular weight is 333 g/mol. The highest BCUT2D eigenvalue weighted by atomic mass is 35.5. The summed E-state index contributed by atoms with van der Waals surface area (Å²) in [5.74, 6) is 0. The van der Waals surface area contributed by atoms with Crippen LogP contribution in [0.1, 0.15) is 11.1 Å². The number of thioether (sulfide) groups is 1. The van der Waals surface area contributed by atoms with Crippen LogP contribution < -0.4 is 5.32 Å². The number of hydrogen-bond acceptors (Lipinski definition) is 3. The van der Waals surface area contributed by atoms with Crippen LogP contribution in [0.5, 0.6) is 0 Å². The third kappa shape index (κ3) is 5.13. The zero-order valence-electron chi connectivity index (χ0n) is 11.0. The highest BCUT2D eigenvalue weighted by Gasteiger charge is 2.28. The summed E-state index contributed by atoms with van der Waals surface area (Å²) in [6.45, 7) is 2.35. The zero-order chi connectivity index (χ0) is 15.5. The topological polar surface area (TPSA) is 24.9 Å². The van der Waals surface area contributed by atoms with Gasteiger partial charge in [-0.15, -0.1) is 0 Å². The van der Waals surface area contributed by atoms with Crippen molar-refractivity contribution < 1.29 is 13.2 Å². The predicted octanol–water partition coefficient (Wildman–Crippen LogP) is 5.27. The molecule has 0 aliphatic rings. The van der Waals surface area contributed by atoms with Crippen molar-refractivity contribution in [2.45, 2.75) is 23.9 Å². The van der Waals surface area contributed by atoms with E-state index in [4.69, 9.17) is 11.6 Å². The molecular weight excluding hydrogens is 321 g/mol. The quantitative estimate of drug-likeness (QED) is 0.610. The number of aromatic nitrogens is 1. The largest absolute Gasteiger partial charge is 0.446 e. The lowest BCUT2D eigenvalue weighted by molar-refractivity contribution is -0.0328. The second-order valence-electron chi connectivity index (χ2n) is 4.38. The van der Waals surface area contributed by atoms with Crippen molar-refractivity contribution in [2.75, 3.05) is 5.32 Å². The van der Waals surface area contributed by atoms with E-state index in [1.807, 2.05) is 13.0 Å². The second-order valence-corrected chi connectivity index (χ2v) is 5.87. The van der Waals surface area contributed by atoms with Crippen molar-refractivity contribution in [2.24, 2.45) is 0 Å². The Bertz CT molecular complexity index is 615. The van der Waals surface area contributed by atoms with E-state index in [-0.39, 0.29) is 16.7 Å². The van der Waals surface area contributed by atoms with E-state index in [0.29, 0.717) is 11.7 Å². The third-order valence-electron chi connectivity index (χ3n) is 2.67. The van der Waals surface area contributed by atoms with Gasteiger partial charge in [-0.1, -0.05) is 23.7 Å². The van der Waals surface area contributed by atoms with Gasteiger partial charge in [0.2, 0.25) is 0 Å². The monoisotopic (exact) mass is 332 g/mol. The van der Waals surface area contributed by atoms with Crippen LogP contribution >= 0.6 is 23.4 Å². The number of nitrogens with one attached hydrogen (secondary N) is 1. The van der Waals surface area contributed by atoms with Gasteiger partial charge in [0.05, 0.1) is 11.9 Å². The zero-order valence-corrected chi connectivity index (χ0v) is 12.6. The van der Waals surface area contributed by atoms with Crippen LogP contribution in [0.15, 0.2) is 41.4 Å². The number of anilines is 1. The Hall–Kier alpha value is -1.40. The molecule has 1 N–H and O–H groups in total. The molecule has 2 nitrogen and oxygen atoms in total. The van der Waals surface area contributed by atoms with Gasteiger partial charge in [-0.2, -0.15) is 13.2 Å². The maximum Gasteiger partial charge on any atom is 0.446 e. The van der Waals surface area contributed by atoms with E-state index in [2.05, 4.69) is 10.3 Å². The van der Waals surface area contributed by atoms with Gasteiger partial charge in [-0.05, 0) is 48.0 Å². The van der Waals surface area contributed by atoms with E-state index < -0.39 is 5.51 Å². The molecule has 0 amide bonds. The maximum absolute atomic E-state index is 12.2. The molecule has 0 atom stereocenters. The van der Waals surface area contributed by atoms with Gasteiger partial charge in [0.1, 0.15) is 5.15 Å². The number of halogens is 4. The summed E-state index contributed by atoms with van der Waals surface area (Å²) in [5, 5.41) is 3.60. The van der Waals surface area contributed by atoms with Crippen LogP contribution in [-0.4, -0.2) is 10.5 Å². The van der Waals surface area contributed by atoms with E-state index in [1.165, 1.54) is 12.1 Å². The molecule has 2 rings (SSSR count). The van der Waals surface area contributed by atoms with Crippen LogP contribution in [0, 0.1) is 6.92 Å². The molecule has 0 fully saturated rings. The van der Waals surface area contributed by atoms with E-state index in [0.717, 1.165) is 16.8 Å². The van der Waals surface area contributed by atoms with Gasteiger partial charge in [0.15, 0.2) is 0 Å². The number of benzene rings is 1. The fourth-order valence-corrected chi connectivity index (χ4v) is 2.31. The van der Waals surface area contributed by atoms with Crippen LogP contribution in [0.2, 0.25) is 5.15 Å². The standard InChI is InChI=1S/C14H12ClF3N2S/c1-9-6-11(8-20-13(9)15)19-7-10-2-4-12(5-3-10)21-14(16,17)18/h2-6,8,19H,7H2,1H3. The van der Waals surface area contributed by atoms with Crippen molar-refractivity contribution in [1.29, 1.82) is 0 Å². The van der Waals surface area contributed by atoms with Crippen molar-refractivity contribution in [3.05, 3.63) is 52.8 Å². The normalized spacial score (nSPS) is 11.5. The number of rotatable bonds is 4. The van der Waals surface area contributed by atoms with Crippen molar-refractivity contribution >= 4 is 29.1 Å². The Balaban J connectivity index is 1.96. The van der Waals surface area contributed by atoms with Gasteiger partial charge >= 0.3 is 5.51 Å². The molecular formula is C14H12ClF3N2S. The van der Waals surface area contributed by atoms with Crippen LogP contribution in [0.4, 0.5) is 18.9 Å². The molecule has 0 saturated heterocycles. The molecule has 1 heterocycles. The molecule has 0 radical (unpaired) electrons. The van der Waals surface area contributed by atoms with E-state index >= 15 is 0 Å². The number of aryl methyl sites for hydroxylation is 1. The minimum absolute atomic E-state index is 0.118. The molecule has 0 aliphatic heterocycles. The van der Waals surface area contributed by atoms with Gasteiger partial charge in [-0.3, -0.25) is 0 Å². The van der Waals surface area contributed by atoms with Crippen LogP contribution in [-0.2, 0) is 6.54 Å². The summed E-state index contributed by atoms with van der Waals surface area (Å²) < 4.78 is 36.6. The highest BCUT2D eigenvalue weighted by molar-refractivity contribution is 8.00. The van der Waals surface area contributed by atoms with Crippen molar-refractivity contribution in [1.82, 2.24) is 4.98 Å². The molecule has 0 aliphatic carbocycles. The Morgan fingerprint density at radius 3 is 2.48 bits per heavy atom. The first-order chi connectivity index (χ1) is 9.83. The fourth-order valence-electron chi connectivity index (χ4n) is 1.67. The number of pyridine rings is 1. The summed E-state index contributed by atoms with van der Waals surface area (Å²) in [7, 11) is 0. The summed E-state index contributed by atoms with van der Waals surface area (Å²) in [5.41, 5.74) is -1.70. The molecule has 1 aromatic carbocycles. The minimum Gasteiger partial charge on any atom is -0.380 e. The molecule has 21 heavy (non-hydrogen) atoms. The second kappa shape index (κ2) is 6.58. The molecule has 0 bridgehead atoms. The van der Waals surface area contributed by atoms with Gasteiger partial charge in [0, 0.05) is 11.4 Å². The molecule has 0 unspecified atom stereocenters. The molecule has 112 valence electrons. The van der Waals surface area contributed by atoms with Gasteiger partial charge < -0.3 is 5.32 Å². The Kier molecular flexibility index (Phi) is 5.00. The van der Waals surface area contributed by atoms with Crippen molar-refractivity contribution in [3.63, 3.8) is 0 Å². The number of nitrogens with zero attached hydrogens (tertiary/aromatic N) is 1. The SMILES string of the molecule is Cc1cc(NCc2ccc(SC(F)(F)F)cc2)cnc1Cl. The first kappa shape index (κ1) is 16.0. The lowest BCUT2D eigenvalue weighted by atomic mass is 10.2. The third-order valence-corrected chi connectivity index (χ3v) is 3.80. The molecule has 0 spiro atoms. The first-order valence-corrected chi connectivity index (χ1v) is 7.23. The minimum atomic E-state index is -4.26. The van der Waals surface area contributed by atoms with Gasteiger partial charge in [0.25, 0.3) is 0 Å². The summed E-state index contributed by atoms with van der Waals surface area (Å²) in [4.78, 5) is 4.20. The Labute approximate surface area is 129 Å². The lowest BCUT2D eigenvalue weighted by Gasteiger charge is -2.09. The first-order valence-electron chi connectivity index (χ1n) is 6.04. The fraction of sp³-hybridized carbons (Fsp3) is 0.214.